The number of benzene rings is 1. The van der Waals surface area contributed by atoms with Crippen LogP contribution in [0.25, 0.3) is 0 Å². The SMILES string of the molecule is CCOc1ccc(C2CNC(C)C(N)C2)cc1. The lowest BCUT2D eigenvalue weighted by molar-refractivity contribution is 0.334. The summed E-state index contributed by atoms with van der Waals surface area (Å²) < 4.78 is 5.45. The summed E-state index contributed by atoms with van der Waals surface area (Å²) in [5, 5.41) is 3.46. The van der Waals surface area contributed by atoms with Gasteiger partial charge in [-0.25, -0.2) is 0 Å². The molecule has 1 saturated heterocycles. The highest BCUT2D eigenvalue weighted by molar-refractivity contribution is 5.30. The number of nitrogens with two attached hydrogens (primary N) is 1. The van der Waals surface area contributed by atoms with Gasteiger partial charge in [0, 0.05) is 18.6 Å². The van der Waals surface area contributed by atoms with Gasteiger partial charge in [-0.1, -0.05) is 12.1 Å². The van der Waals surface area contributed by atoms with Crippen molar-refractivity contribution >= 4 is 0 Å². The summed E-state index contributed by atoms with van der Waals surface area (Å²) in [6, 6.07) is 9.07. The summed E-state index contributed by atoms with van der Waals surface area (Å²) >= 11 is 0. The molecule has 0 amide bonds. The van der Waals surface area contributed by atoms with Crippen LogP contribution in [-0.2, 0) is 0 Å². The van der Waals surface area contributed by atoms with E-state index < -0.39 is 0 Å². The third kappa shape index (κ3) is 2.99. The van der Waals surface area contributed by atoms with E-state index in [4.69, 9.17) is 10.5 Å². The van der Waals surface area contributed by atoms with E-state index in [-0.39, 0.29) is 6.04 Å². The molecule has 0 saturated carbocycles. The van der Waals surface area contributed by atoms with Crippen molar-refractivity contribution < 1.29 is 4.74 Å². The molecule has 0 radical (unpaired) electrons. The lowest BCUT2D eigenvalue weighted by Crippen LogP contribution is -2.50. The summed E-state index contributed by atoms with van der Waals surface area (Å²) in [7, 11) is 0. The Hall–Kier alpha value is -1.06. The molecule has 3 N–H and O–H groups in total. The van der Waals surface area contributed by atoms with Gasteiger partial charge in [0.2, 0.25) is 0 Å². The third-order valence-electron chi connectivity index (χ3n) is 3.55. The molecule has 1 aromatic carbocycles. The van der Waals surface area contributed by atoms with E-state index in [1.54, 1.807) is 0 Å². The average molecular weight is 234 g/mol. The third-order valence-corrected chi connectivity index (χ3v) is 3.55. The molecule has 3 heteroatoms. The lowest BCUT2D eigenvalue weighted by atomic mass is 9.86. The molecule has 1 heterocycles. The molecule has 0 bridgehead atoms. The highest BCUT2D eigenvalue weighted by atomic mass is 16.5. The molecule has 2 rings (SSSR count). The van der Waals surface area contributed by atoms with E-state index in [2.05, 4.69) is 24.4 Å². The van der Waals surface area contributed by atoms with Crippen molar-refractivity contribution in [2.45, 2.75) is 38.3 Å². The molecule has 17 heavy (non-hydrogen) atoms. The smallest absolute Gasteiger partial charge is 0.119 e. The maximum absolute atomic E-state index is 6.10. The number of hydrogen-bond acceptors (Lipinski definition) is 3. The molecule has 3 nitrogen and oxygen atoms in total. The fourth-order valence-corrected chi connectivity index (χ4v) is 2.35. The van der Waals surface area contributed by atoms with Crippen LogP contribution in [0, 0.1) is 0 Å². The minimum absolute atomic E-state index is 0.250. The van der Waals surface area contributed by atoms with Gasteiger partial charge in [-0.3, -0.25) is 0 Å². The van der Waals surface area contributed by atoms with Gasteiger partial charge >= 0.3 is 0 Å². The second kappa shape index (κ2) is 5.52. The van der Waals surface area contributed by atoms with Crippen molar-refractivity contribution in [2.75, 3.05) is 13.2 Å². The van der Waals surface area contributed by atoms with Crippen LogP contribution in [0.15, 0.2) is 24.3 Å². The minimum Gasteiger partial charge on any atom is -0.494 e. The first-order valence-corrected chi connectivity index (χ1v) is 6.42. The van der Waals surface area contributed by atoms with Gasteiger partial charge in [0.15, 0.2) is 0 Å². The Morgan fingerprint density at radius 1 is 1.35 bits per heavy atom. The number of rotatable bonds is 3. The molecular weight excluding hydrogens is 212 g/mol. The Morgan fingerprint density at radius 2 is 2.06 bits per heavy atom. The van der Waals surface area contributed by atoms with Crippen LogP contribution < -0.4 is 15.8 Å². The van der Waals surface area contributed by atoms with Gasteiger partial charge in [0.05, 0.1) is 6.61 Å². The highest BCUT2D eigenvalue weighted by Crippen LogP contribution is 2.26. The highest BCUT2D eigenvalue weighted by Gasteiger charge is 2.25. The molecule has 0 aliphatic carbocycles. The molecular formula is C14H22N2O. The Morgan fingerprint density at radius 3 is 2.65 bits per heavy atom. The van der Waals surface area contributed by atoms with E-state index in [1.165, 1.54) is 5.56 Å². The molecule has 1 aromatic rings. The zero-order valence-corrected chi connectivity index (χ0v) is 10.6. The van der Waals surface area contributed by atoms with Crippen LogP contribution in [0.4, 0.5) is 0 Å². The van der Waals surface area contributed by atoms with Gasteiger partial charge in [0.1, 0.15) is 5.75 Å². The van der Waals surface area contributed by atoms with Gasteiger partial charge in [-0.15, -0.1) is 0 Å². The van der Waals surface area contributed by atoms with Crippen LogP contribution in [0.1, 0.15) is 31.7 Å². The Kier molecular flexibility index (Phi) is 4.02. The fraction of sp³-hybridized carbons (Fsp3) is 0.571. The van der Waals surface area contributed by atoms with Gasteiger partial charge in [-0.2, -0.15) is 0 Å². The predicted octanol–water partition coefficient (Wildman–Crippen LogP) is 1.88. The molecule has 3 unspecified atom stereocenters. The van der Waals surface area contributed by atoms with Crippen LogP contribution in [0.2, 0.25) is 0 Å². The Bertz CT molecular complexity index is 350. The minimum atomic E-state index is 0.250. The van der Waals surface area contributed by atoms with E-state index in [0.29, 0.717) is 18.6 Å². The second-order valence-electron chi connectivity index (χ2n) is 4.80. The van der Waals surface area contributed by atoms with Crippen LogP contribution >= 0.6 is 0 Å². The van der Waals surface area contributed by atoms with Crippen LogP contribution in [-0.4, -0.2) is 25.2 Å². The molecule has 3 atom stereocenters. The lowest BCUT2D eigenvalue weighted by Gasteiger charge is -2.33. The van der Waals surface area contributed by atoms with Crippen LogP contribution in [0.5, 0.6) is 5.75 Å². The monoisotopic (exact) mass is 234 g/mol. The zero-order valence-electron chi connectivity index (χ0n) is 10.6. The van der Waals surface area contributed by atoms with Crippen molar-refractivity contribution in [2.24, 2.45) is 5.73 Å². The van der Waals surface area contributed by atoms with Gasteiger partial charge in [0.25, 0.3) is 0 Å². The predicted molar refractivity (Wildman–Crippen MR) is 70.4 cm³/mol. The first-order chi connectivity index (χ1) is 8.20. The Labute approximate surface area is 103 Å². The molecule has 1 aliphatic heterocycles. The van der Waals surface area contributed by atoms with E-state index >= 15 is 0 Å². The quantitative estimate of drug-likeness (QED) is 0.839. The molecule has 0 spiro atoms. The zero-order chi connectivity index (χ0) is 12.3. The summed E-state index contributed by atoms with van der Waals surface area (Å²) in [5.74, 6) is 1.47. The van der Waals surface area contributed by atoms with Crippen molar-refractivity contribution in [3.8, 4) is 5.75 Å². The van der Waals surface area contributed by atoms with E-state index in [0.717, 1.165) is 18.7 Å². The first-order valence-electron chi connectivity index (χ1n) is 6.42. The molecule has 94 valence electrons. The van der Waals surface area contributed by atoms with Crippen molar-refractivity contribution in [1.29, 1.82) is 0 Å². The molecule has 0 aromatic heterocycles. The topological polar surface area (TPSA) is 47.3 Å². The maximum Gasteiger partial charge on any atom is 0.119 e. The summed E-state index contributed by atoms with van der Waals surface area (Å²) in [6.07, 6.45) is 1.06. The number of piperidine rings is 1. The number of hydrogen-bond donors (Lipinski definition) is 2. The van der Waals surface area contributed by atoms with Crippen molar-refractivity contribution in [1.82, 2.24) is 5.32 Å². The maximum atomic E-state index is 6.10. The van der Waals surface area contributed by atoms with Gasteiger partial charge < -0.3 is 15.8 Å². The standard InChI is InChI=1S/C14H22N2O/c1-3-17-13-6-4-11(5-7-13)12-8-14(15)10(2)16-9-12/h4-7,10,12,14,16H,3,8-9,15H2,1-2H3. The normalized spacial score (nSPS) is 29.0. The summed E-state index contributed by atoms with van der Waals surface area (Å²) in [6.45, 7) is 5.88. The molecule has 1 fully saturated rings. The summed E-state index contributed by atoms with van der Waals surface area (Å²) in [5.41, 5.74) is 7.45. The fourth-order valence-electron chi connectivity index (χ4n) is 2.35. The average Bonchev–Trinajstić information content (AvgIpc) is 2.34. The van der Waals surface area contributed by atoms with Crippen molar-refractivity contribution in [3.63, 3.8) is 0 Å². The van der Waals surface area contributed by atoms with Gasteiger partial charge in [-0.05, 0) is 43.9 Å². The van der Waals surface area contributed by atoms with Crippen LogP contribution in [0.3, 0.4) is 0 Å². The Balaban J connectivity index is 2.02. The van der Waals surface area contributed by atoms with E-state index in [9.17, 15) is 0 Å². The second-order valence-corrected chi connectivity index (χ2v) is 4.80. The summed E-state index contributed by atoms with van der Waals surface area (Å²) in [4.78, 5) is 0. The van der Waals surface area contributed by atoms with Crippen molar-refractivity contribution in [3.05, 3.63) is 29.8 Å². The number of nitrogens with one attached hydrogen (secondary N) is 1. The first kappa shape index (κ1) is 12.4. The van der Waals surface area contributed by atoms with E-state index in [1.807, 2.05) is 19.1 Å². The molecule has 1 aliphatic rings. The largest absolute Gasteiger partial charge is 0.494 e. The number of ether oxygens (including phenoxy) is 1.